The third-order valence-corrected chi connectivity index (χ3v) is 8.84. The van der Waals surface area contributed by atoms with Crippen molar-refractivity contribution in [3.05, 3.63) is 91.4 Å². The number of nitrogens with zero attached hydrogens (tertiary/aromatic N) is 3. The van der Waals surface area contributed by atoms with E-state index in [0.29, 0.717) is 0 Å². The van der Waals surface area contributed by atoms with Crippen molar-refractivity contribution in [2.24, 2.45) is 0 Å². The molecule has 0 bridgehead atoms. The SMILES string of the molecule is c1ccc2c(c1)sc1c(-n3c4ccccc4c4cc5c(cc43)sc3cncnc35)cccc12. The summed E-state index contributed by atoms with van der Waals surface area (Å²) < 4.78 is 7.46. The Morgan fingerprint density at radius 2 is 1.45 bits per heavy atom. The van der Waals surface area contributed by atoms with Crippen LogP contribution in [0.1, 0.15) is 0 Å². The summed E-state index contributed by atoms with van der Waals surface area (Å²) in [6.07, 6.45) is 3.56. The average Bonchev–Trinajstić information content (AvgIpc) is 3.52. The highest BCUT2D eigenvalue weighted by molar-refractivity contribution is 7.26. The fraction of sp³-hybridized carbons (Fsp3) is 0. The van der Waals surface area contributed by atoms with E-state index in [4.69, 9.17) is 0 Å². The van der Waals surface area contributed by atoms with E-state index in [9.17, 15) is 0 Å². The number of para-hydroxylation sites is 1. The Labute approximate surface area is 196 Å². The first-order valence-electron chi connectivity index (χ1n) is 10.8. The van der Waals surface area contributed by atoms with E-state index in [1.54, 1.807) is 17.7 Å². The first-order chi connectivity index (χ1) is 16.4. The van der Waals surface area contributed by atoms with Gasteiger partial charge in [0.15, 0.2) is 0 Å². The van der Waals surface area contributed by atoms with Crippen LogP contribution in [0.3, 0.4) is 0 Å². The van der Waals surface area contributed by atoms with Gasteiger partial charge in [0.1, 0.15) is 6.33 Å². The number of thiophene rings is 2. The molecule has 4 heterocycles. The van der Waals surface area contributed by atoms with Crippen LogP contribution in [0.4, 0.5) is 0 Å². The first-order valence-corrected chi connectivity index (χ1v) is 12.5. The molecule has 0 saturated heterocycles. The molecule has 4 aromatic carbocycles. The first kappa shape index (κ1) is 17.7. The molecule has 0 aliphatic carbocycles. The third kappa shape index (κ3) is 2.33. The van der Waals surface area contributed by atoms with Gasteiger partial charge in [-0.3, -0.25) is 0 Å². The molecule has 0 saturated carbocycles. The van der Waals surface area contributed by atoms with Crippen LogP contribution < -0.4 is 0 Å². The van der Waals surface area contributed by atoms with Crippen LogP contribution >= 0.6 is 22.7 Å². The van der Waals surface area contributed by atoms with Crippen LogP contribution in [-0.2, 0) is 0 Å². The van der Waals surface area contributed by atoms with Gasteiger partial charge < -0.3 is 4.57 Å². The van der Waals surface area contributed by atoms with Crippen LogP contribution in [-0.4, -0.2) is 14.5 Å². The molecule has 0 fully saturated rings. The highest BCUT2D eigenvalue weighted by Crippen LogP contribution is 2.43. The largest absolute Gasteiger partial charge is 0.308 e. The fourth-order valence-electron chi connectivity index (χ4n) is 5.15. The molecule has 154 valence electrons. The van der Waals surface area contributed by atoms with Crippen LogP contribution in [0, 0.1) is 0 Å². The summed E-state index contributed by atoms with van der Waals surface area (Å²) in [6.45, 7) is 0. The summed E-state index contributed by atoms with van der Waals surface area (Å²) in [5, 5.41) is 6.37. The summed E-state index contributed by atoms with van der Waals surface area (Å²) >= 11 is 3.64. The van der Waals surface area contributed by atoms with E-state index < -0.39 is 0 Å². The Bertz CT molecular complexity index is 2040. The topological polar surface area (TPSA) is 30.7 Å². The predicted molar refractivity (Wildman–Crippen MR) is 142 cm³/mol. The molecule has 0 atom stereocenters. The van der Waals surface area contributed by atoms with E-state index in [2.05, 4.69) is 93.4 Å². The van der Waals surface area contributed by atoms with Crippen molar-refractivity contribution >= 4 is 85.0 Å². The molecule has 3 nitrogen and oxygen atoms in total. The molecule has 8 aromatic rings. The second-order valence-corrected chi connectivity index (χ2v) is 10.4. The zero-order chi connectivity index (χ0) is 21.5. The molecule has 0 radical (unpaired) electrons. The van der Waals surface area contributed by atoms with Crippen molar-refractivity contribution in [3.63, 3.8) is 0 Å². The molecular formula is C28H15N3S2. The van der Waals surface area contributed by atoms with Gasteiger partial charge in [-0.2, -0.15) is 0 Å². The smallest absolute Gasteiger partial charge is 0.116 e. The van der Waals surface area contributed by atoms with Gasteiger partial charge in [-0.15, -0.1) is 22.7 Å². The number of hydrogen-bond donors (Lipinski definition) is 0. The van der Waals surface area contributed by atoms with Crippen LogP contribution in [0.5, 0.6) is 0 Å². The minimum Gasteiger partial charge on any atom is -0.308 e. The van der Waals surface area contributed by atoms with E-state index >= 15 is 0 Å². The average molecular weight is 458 g/mol. The lowest BCUT2D eigenvalue weighted by molar-refractivity contribution is 1.20. The minimum absolute atomic E-state index is 1.04. The Morgan fingerprint density at radius 3 is 2.42 bits per heavy atom. The zero-order valence-electron chi connectivity index (χ0n) is 17.3. The van der Waals surface area contributed by atoms with Gasteiger partial charge in [0.25, 0.3) is 0 Å². The van der Waals surface area contributed by atoms with Crippen LogP contribution in [0.15, 0.2) is 91.4 Å². The molecule has 33 heavy (non-hydrogen) atoms. The number of aromatic nitrogens is 3. The second kappa shape index (κ2) is 6.38. The normalized spacial score (nSPS) is 12.2. The van der Waals surface area contributed by atoms with Crippen molar-refractivity contribution in [1.82, 2.24) is 14.5 Å². The molecule has 0 amide bonds. The molecule has 0 aliphatic heterocycles. The van der Waals surface area contributed by atoms with Gasteiger partial charge in [-0.25, -0.2) is 9.97 Å². The maximum absolute atomic E-state index is 4.58. The Hall–Kier alpha value is -3.80. The van der Waals surface area contributed by atoms with E-state index in [-0.39, 0.29) is 0 Å². The summed E-state index contributed by atoms with van der Waals surface area (Å²) in [5.41, 5.74) is 4.73. The molecule has 0 spiro atoms. The second-order valence-electron chi connectivity index (χ2n) is 8.31. The zero-order valence-corrected chi connectivity index (χ0v) is 19.0. The van der Waals surface area contributed by atoms with Crippen molar-refractivity contribution in [1.29, 1.82) is 0 Å². The summed E-state index contributed by atoms with van der Waals surface area (Å²) in [7, 11) is 0. The molecule has 0 aliphatic rings. The van der Waals surface area contributed by atoms with Crippen LogP contribution in [0.2, 0.25) is 0 Å². The van der Waals surface area contributed by atoms with Gasteiger partial charge in [0.05, 0.1) is 31.6 Å². The summed E-state index contributed by atoms with van der Waals surface area (Å²) in [4.78, 5) is 8.81. The molecule has 4 aromatic heterocycles. The number of hydrogen-bond acceptors (Lipinski definition) is 4. The van der Waals surface area contributed by atoms with Gasteiger partial charge >= 0.3 is 0 Å². The highest BCUT2D eigenvalue weighted by Gasteiger charge is 2.18. The monoisotopic (exact) mass is 457 g/mol. The maximum Gasteiger partial charge on any atom is 0.116 e. The van der Waals surface area contributed by atoms with Gasteiger partial charge in [0.2, 0.25) is 0 Å². The summed E-state index contributed by atoms with van der Waals surface area (Å²) in [5.74, 6) is 0. The maximum atomic E-state index is 4.58. The third-order valence-electron chi connectivity index (χ3n) is 6.55. The van der Waals surface area contributed by atoms with Crippen molar-refractivity contribution in [2.75, 3.05) is 0 Å². The molecule has 5 heteroatoms. The Morgan fingerprint density at radius 1 is 0.606 bits per heavy atom. The molecular weight excluding hydrogens is 442 g/mol. The standard InChI is InChI=1S/C28H15N3S2/c1-3-9-21-16(6-1)19-12-20-25(32-26-14-29-15-30-27(20)26)13-23(19)31(21)22-10-5-8-18-17-7-2-4-11-24(17)33-28(18)22/h1-15H. The minimum atomic E-state index is 1.04. The lowest BCUT2D eigenvalue weighted by Gasteiger charge is -2.09. The van der Waals surface area contributed by atoms with Gasteiger partial charge in [-0.05, 0) is 30.3 Å². The number of rotatable bonds is 1. The van der Waals surface area contributed by atoms with E-state index in [0.717, 1.165) is 10.2 Å². The van der Waals surface area contributed by atoms with Crippen molar-refractivity contribution < 1.29 is 0 Å². The molecule has 0 unspecified atom stereocenters. The van der Waals surface area contributed by atoms with E-state index in [1.165, 1.54) is 57.8 Å². The van der Waals surface area contributed by atoms with Crippen molar-refractivity contribution in [2.45, 2.75) is 0 Å². The Balaban J connectivity index is 1.57. The number of benzene rings is 4. The Kier molecular flexibility index (Phi) is 3.42. The summed E-state index contributed by atoms with van der Waals surface area (Å²) in [6, 6.07) is 28.8. The lowest BCUT2D eigenvalue weighted by Crippen LogP contribution is -1.93. The fourth-order valence-corrected chi connectivity index (χ4v) is 7.40. The quantitative estimate of drug-likeness (QED) is 0.248. The van der Waals surface area contributed by atoms with Crippen LogP contribution in [0.25, 0.3) is 68.0 Å². The molecule has 0 N–H and O–H groups in total. The van der Waals surface area contributed by atoms with Gasteiger partial charge in [0, 0.05) is 42.5 Å². The number of fused-ring (bicyclic) bond motifs is 9. The van der Waals surface area contributed by atoms with Gasteiger partial charge in [-0.1, -0.05) is 48.5 Å². The molecule has 8 rings (SSSR count). The highest BCUT2D eigenvalue weighted by atomic mass is 32.1. The lowest BCUT2D eigenvalue weighted by atomic mass is 10.1. The predicted octanol–water partition coefficient (Wildman–Crippen LogP) is 8.31. The van der Waals surface area contributed by atoms with Crippen molar-refractivity contribution in [3.8, 4) is 5.69 Å². The van der Waals surface area contributed by atoms with E-state index in [1.807, 2.05) is 17.5 Å².